The number of carbonyl (C=O) groups is 1. The van der Waals surface area contributed by atoms with Crippen molar-refractivity contribution in [1.82, 2.24) is 19.1 Å². The summed E-state index contributed by atoms with van der Waals surface area (Å²) < 4.78 is 3.55. The lowest BCUT2D eigenvalue weighted by atomic mass is 10.1. The first-order chi connectivity index (χ1) is 12.3. The predicted molar refractivity (Wildman–Crippen MR) is 99.4 cm³/mol. The molecule has 0 radical (unpaired) electrons. The number of nitrogens with two attached hydrogens (primary N) is 2. The van der Waals surface area contributed by atoms with Gasteiger partial charge in [0.2, 0.25) is 0 Å². The molecule has 3 aromatic heterocycles. The van der Waals surface area contributed by atoms with E-state index in [0.717, 1.165) is 11.1 Å². The number of carbonyl (C=O) groups excluding carboxylic acids is 1. The van der Waals surface area contributed by atoms with Crippen molar-refractivity contribution < 1.29 is 9.90 Å². The molecule has 0 bridgehead atoms. The summed E-state index contributed by atoms with van der Waals surface area (Å²) in [6.45, 7) is 3.70. The maximum absolute atomic E-state index is 12.1. The number of aromatic hydroxyl groups is 1. The Hall–Kier alpha value is -3.55. The highest BCUT2D eigenvalue weighted by atomic mass is 16.3. The highest BCUT2D eigenvalue weighted by molar-refractivity contribution is 6.15. The van der Waals surface area contributed by atoms with E-state index in [-0.39, 0.29) is 17.1 Å². The topological polar surface area (TPSA) is 125 Å². The van der Waals surface area contributed by atoms with Crippen molar-refractivity contribution in [3.63, 3.8) is 0 Å². The monoisotopic (exact) mass is 350 g/mol. The van der Waals surface area contributed by atoms with Gasteiger partial charge >= 0.3 is 0 Å². The number of amides is 1. The number of hydrogen-bond acceptors (Lipinski definition) is 5. The summed E-state index contributed by atoms with van der Waals surface area (Å²) in [5, 5.41) is 10.2. The molecule has 132 valence electrons. The molecule has 26 heavy (non-hydrogen) atoms. The fourth-order valence-corrected chi connectivity index (χ4v) is 3.47. The van der Waals surface area contributed by atoms with E-state index in [1.807, 2.05) is 18.5 Å². The summed E-state index contributed by atoms with van der Waals surface area (Å²) in [5.41, 5.74) is 16.7. The van der Waals surface area contributed by atoms with Crippen LogP contribution < -0.4 is 11.5 Å². The number of aryl methyl sites for hydroxylation is 2. The molecule has 0 saturated heterocycles. The summed E-state index contributed by atoms with van der Waals surface area (Å²) in [6.07, 6.45) is 3.31. The molecule has 0 fully saturated rings. The number of primary amides is 1. The third-order valence-corrected chi connectivity index (χ3v) is 4.78. The Morgan fingerprint density at radius 3 is 2.62 bits per heavy atom. The van der Waals surface area contributed by atoms with Crippen LogP contribution in [0, 0.1) is 13.8 Å². The fraction of sp³-hybridized carbons (Fsp3) is 0.167. The lowest BCUT2D eigenvalue weighted by Crippen LogP contribution is -2.14. The van der Waals surface area contributed by atoms with Gasteiger partial charge in [0.25, 0.3) is 5.91 Å². The second kappa shape index (κ2) is 5.22. The molecule has 5 N–H and O–H groups in total. The van der Waals surface area contributed by atoms with E-state index in [4.69, 9.17) is 11.5 Å². The lowest BCUT2D eigenvalue weighted by molar-refractivity contribution is 0.100. The molecule has 8 nitrogen and oxygen atoms in total. The number of nitrogen functional groups attached to an aromatic ring is 1. The number of nitrogens with zero attached hydrogens (tertiary/aromatic N) is 4. The van der Waals surface area contributed by atoms with Crippen molar-refractivity contribution in [2.45, 2.75) is 13.8 Å². The molecule has 8 heteroatoms. The Bertz CT molecular complexity index is 1220. The normalized spacial score (nSPS) is 11.5. The second-order valence-electron chi connectivity index (χ2n) is 6.38. The van der Waals surface area contributed by atoms with Gasteiger partial charge in [0.1, 0.15) is 33.7 Å². The minimum absolute atomic E-state index is 0.133. The molecular formula is C18H18N6O2. The number of rotatable bonds is 2. The number of imidazole rings is 1. The fourth-order valence-electron chi connectivity index (χ4n) is 3.47. The second-order valence-corrected chi connectivity index (χ2v) is 6.38. The zero-order valence-electron chi connectivity index (χ0n) is 14.6. The highest BCUT2D eigenvalue weighted by Gasteiger charge is 2.26. The summed E-state index contributed by atoms with van der Waals surface area (Å²) in [5.74, 6) is -0.354. The average Bonchev–Trinajstić information content (AvgIpc) is 3.10. The van der Waals surface area contributed by atoms with Crippen molar-refractivity contribution in [2.75, 3.05) is 5.73 Å². The average molecular weight is 350 g/mol. The van der Waals surface area contributed by atoms with Crippen molar-refractivity contribution in [1.29, 1.82) is 0 Å². The summed E-state index contributed by atoms with van der Waals surface area (Å²) >= 11 is 0. The number of pyridine rings is 1. The molecule has 0 aliphatic heterocycles. The Morgan fingerprint density at radius 1 is 1.19 bits per heavy atom. The van der Waals surface area contributed by atoms with E-state index >= 15 is 0 Å². The van der Waals surface area contributed by atoms with Crippen LogP contribution in [-0.2, 0) is 7.05 Å². The molecule has 1 aromatic carbocycles. The number of benzene rings is 1. The van der Waals surface area contributed by atoms with Gasteiger partial charge in [-0.25, -0.2) is 4.98 Å². The SMILES string of the molecule is Cc1ccc(O)c(C)c1-n1c(N)c(C(N)=O)c2ncc3c(ncn3C)c21. The lowest BCUT2D eigenvalue weighted by Gasteiger charge is -2.15. The molecule has 3 heterocycles. The van der Waals surface area contributed by atoms with Crippen LogP contribution in [0.4, 0.5) is 5.82 Å². The summed E-state index contributed by atoms with van der Waals surface area (Å²) in [6, 6.07) is 3.42. The van der Waals surface area contributed by atoms with Crippen LogP contribution in [0.5, 0.6) is 5.75 Å². The van der Waals surface area contributed by atoms with Crippen molar-refractivity contribution >= 4 is 33.8 Å². The number of aromatic nitrogens is 4. The molecular weight excluding hydrogens is 332 g/mol. The maximum atomic E-state index is 12.1. The van der Waals surface area contributed by atoms with Gasteiger partial charge in [0.05, 0.1) is 23.7 Å². The first kappa shape index (κ1) is 15.9. The van der Waals surface area contributed by atoms with Crippen LogP contribution in [0.1, 0.15) is 21.5 Å². The Balaban J connectivity index is 2.30. The van der Waals surface area contributed by atoms with Gasteiger partial charge in [-0.15, -0.1) is 0 Å². The van der Waals surface area contributed by atoms with Crippen LogP contribution in [0.3, 0.4) is 0 Å². The molecule has 4 aromatic rings. The van der Waals surface area contributed by atoms with Crippen LogP contribution in [0.15, 0.2) is 24.7 Å². The van der Waals surface area contributed by atoms with E-state index in [2.05, 4.69) is 9.97 Å². The van der Waals surface area contributed by atoms with Gasteiger partial charge in [-0.3, -0.25) is 14.3 Å². The third kappa shape index (κ3) is 1.92. The Kier molecular flexibility index (Phi) is 3.20. The van der Waals surface area contributed by atoms with E-state index in [1.165, 1.54) is 0 Å². The van der Waals surface area contributed by atoms with Gasteiger partial charge in [0.15, 0.2) is 0 Å². The number of fused-ring (bicyclic) bond motifs is 3. The van der Waals surface area contributed by atoms with Crippen LogP contribution in [0.2, 0.25) is 0 Å². The number of hydrogen-bond donors (Lipinski definition) is 3. The van der Waals surface area contributed by atoms with E-state index in [1.54, 1.807) is 36.1 Å². The number of anilines is 1. The first-order valence-corrected chi connectivity index (χ1v) is 8.02. The quantitative estimate of drug-likeness (QED) is 0.509. The standard InChI is InChI=1S/C18H18N6O2/c1-8-4-5-11(25)9(2)15(8)24-16-13-10(23(3)7-22-13)6-21-14(16)12(17(24)19)18(20)26/h4-7,25H,19H2,1-3H3,(H2,20,26). The van der Waals surface area contributed by atoms with Gasteiger partial charge in [-0.05, 0) is 25.5 Å². The van der Waals surface area contributed by atoms with Crippen molar-refractivity contribution in [2.24, 2.45) is 12.8 Å². The molecule has 0 aliphatic rings. The molecule has 4 rings (SSSR count). The molecule has 0 aliphatic carbocycles. The molecule has 0 unspecified atom stereocenters. The Labute approximate surface area is 148 Å². The third-order valence-electron chi connectivity index (χ3n) is 4.78. The minimum Gasteiger partial charge on any atom is -0.508 e. The van der Waals surface area contributed by atoms with Gasteiger partial charge < -0.3 is 21.1 Å². The zero-order valence-corrected chi connectivity index (χ0v) is 14.6. The van der Waals surface area contributed by atoms with Crippen LogP contribution in [0.25, 0.3) is 27.8 Å². The van der Waals surface area contributed by atoms with Crippen molar-refractivity contribution in [3.05, 3.63) is 41.3 Å². The molecule has 0 atom stereocenters. The highest BCUT2D eigenvalue weighted by Crippen LogP contribution is 2.37. The van der Waals surface area contributed by atoms with Crippen LogP contribution in [-0.4, -0.2) is 30.1 Å². The summed E-state index contributed by atoms with van der Waals surface area (Å²) in [4.78, 5) is 21.0. The summed E-state index contributed by atoms with van der Waals surface area (Å²) in [7, 11) is 1.86. The Morgan fingerprint density at radius 2 is 1.92 bits per heavy atom. The number of phenolic OH excluding ortho intramolecular Hbond substituents is 1. The smallest absolute Gasteiger partial charge is 0.254 e. The maximum Gasteiger partial charge on any atom is 0.254 e. The van der Waals surface area contributed by atoms with Gasteiger partial charge in [0, 0.05) is 12.6 Å². The van der Waals surface area contributed by atoms with Gasteiger partial charge in [-0.1, -0.05) is 6.07 Å². The first-order valence-electron chi connectivity index (χ1n) is 8.02. The van der Waals surface area contributed by atoms with E-state index in [0.29, 0.717) is 27.8 Å². The van der Waals surface area contributed by atoms with Gasteiger partial charge in [-0.2, -0.15) is 0 Å². The number of phenols is 1. The van der Waals surface area contributed by atoms with E-state index in [9.17, 15) is 9.90 Å². The predicted octanol–water partition coefficient (Wildman–Crippen LogP) is 1.92. The minimum atomic E-state index is -0.663. The molecule has 0 spiro atoms. The molecule has 1 amide bonds. The van der Waals surface area contributed by atoms with E-state index < -0.39 is 5.91 Å². The zero-order chi connectivity index (χ0) is 18.7. The van der Waals surface area contributed by atoms with Crippen molar-refractivity contribution in [3.8, 4) is 11.4 Å². The van der Waals surface area contributed by atoms with Crippen LogP contribution >= 0.6 is 0 Å². The molecule has 0 saturated carbocycles. The largest absolute Gasteiger partial charge is 0.508 e.